The van der Waals surface area contributed by atoms with Crippen LogP contribution in [-0.2, 0) is 4.79 Å². The molecule has 0 N–H and O–H groups in total. The van der Waals surface area contributed by atoms with Crippen molar-refractivity contribution in [1.82, 2.24) is 0 Å². The van der Waals surface area contributed by atoms with Gasteiger partial charge in [-0.15, -0.1) is 0 Å². The minimum atomic E-state index is -0.336. The highest BCUT2D eigenvalue weighted by Crippen LogP contribution is 2.17. The van der Waals surface area contributed by atoms with Crippen LogP contribution in [0, 0.1) is 0 Å². The van der Waals surface area contributed by atoms with Crippen molar-refractivity contribution >= 4 is 5.97 Å². The number of carbonyl (C=O) groups excluding carboxylic acids is 1. The van der Waals surface area contributed by atoms with Crippen LogP contribution in [-0.4, -0.2) is 5.97 Å². The minimum Gasteiger partial charge on any atom is -0.466 e. The van der Waals surface area contributed by atoms with Crippen molar-refractivity contribution < 1.29 is 14.3 Å². The summed E-state index contributed by atoms with van der Waals surface area (Å²) in [6, 6.07) is 6.69. The highest BCUT2D eigenvalue weighted by Gasteiger charge is 1.97. The summed E-state index contributed by atoms with van der Waals surface area (Å²) in [6.45, 7) is 4.77. The first-order valence-corrected chi connectivity index (χ1v) is 3.78. The van der Waals surface area contributed by atoms with Gasteiger partial charge < -0.3 is 9.47 Å². The molecule has 13 heavy (non-hydrogen) atoms. The van der Waals surface area contributed by atoms with Crippen molar-refractivity contribution in [3.05, 3.63) is 37.1 Å². The van der Waals surface area contributed by atoms with E-state index in [-0.39, 0.29) is 5.97 Å². The summed E-state index contributed by atoms with van der Waals surface area (Å²) in [5, 5.41) is 0. The summed E-state index contributed by atoms with van der Waals surface area (Å²) in [7, 11) is 0. The Bertz CT molecular complexity index is 300. The van der Waals surface area contributed by atoms with Crippen LogP contribution in [0.1, 0.15) is 6.92 Å². The molecular weight excluding hydrogens is 168 g/mol. The Morgan fingerprint density at radius 1 is 1.31 bits per heavy atom. The first-order chi connectivity index (χ1) is 6.22. The first kappa shape index (κ1) is 9.32. The van der Waals surface area contributed by atoms with Crippen LogP contribution in [0.5, 0.6) is 11.5 Å². The molecule has 1 rings (SSSR count). The van der Waals surface area contributed by atoms with Crippen molar-refractivity contribution in [2.75, 3.05) is 0 Å². The summed E-state index contributed by atoms with van der Waals surface area (Å²) < 4.78 is 9.82. The van der Waals surface area contributed by atoms with E-state index in [4.69, 9.17) is 9.47 Å². The fourth-order valence-corrected chi connectivity index (χ4v) is 0.848. The number of rotatable bonds is 3. The summed E-state index contributed by atoms with van der Waals surface area (Å²) >= 11 is 0. The maximum absolute atomic E-state index is 10.6. The van der Waals surface area contributed by atoms with Gasteiger partial charge in [-0.05, 0) is 24.3 Å². The van der Waals surface area contributed by atoms with Gasteiger partial charge in [0.25, 0.3) is 0 Å². The molecule has 0 aliphatic rings. The van der Waals surface area contributed by atoms with Crippen molar-refractivity contribution in [2.45, 2.75) is 6.92 Å². The molecule has 0 aromatic heterocycles. The average Bonchev–Trinajstić information content (AvgIpc) is 2.08. The van der Waals surface area contributed by atoms with Gasteiger partial charge in [-0.25, -0.2) is 0 Å². The molecular formula is C10H10O3. The maximum Gasteiger partial charge on any atom is 0.308 e. The first-order valence-electron chi connectivity index (χ1n) is 3.78. The number of benzene rings is 1. The molecule has 68 valence electrons. The number of hydrogen-bond acceptors (Lipinski definition) is 3. The predicted octanol–water partition coefficient (Wildman–Crippen LogP) is 2.13. The number of esters is 1. The molecule has 0 aliphatic carbocycles. The van der Waals surface area contributed by atoms with E-state index in [9.17, 15) is 4.79 Å². The third kappa shape index (κ3) is 2.99. The second kappa shape index (κ2) is 4.30. The van der Waals surface area contributed by atoms with Gasteiger partial charge in [0.15, 0.2) is 0 Å². The zero-order valence-corrected chi connectivity index (χ0v) is 7.32. The van der Waals surface area contributed by atoms with E-state index in [0.29, 0.717) is 11.5 Å². The molecule has 0 radical (unpaired) electrons. The lowest BCUT2D eigenvalue weighted by molar-refractivity contribution is -0.131. The Morgan fingerprint density at radius 3 is 2.31 bits per heavy atom. The Morgan fingerprint density at radius 2 is 1.85 bits per heavy atom. The Balaban J connectivity index is 2.69. The van der Waals surface area contributed by atoms with Gasteiger partial charge in [0.2, 0.25) is 0 Å². The van der Waals surface area contributed by atoms with Gasteiger partial charge in [0, 0.05) is 6.92 Å². The van der Waals surface area contributed by atoms with Gasteiger partial charge in [0.1, 0.15) is 11.5 Å². The molecule has 0 unspecified atom stereocenters. The molecule has 0 saturated carbocycles. The van der Waals surface area contributed by atoms with Crippen LogP contribution in [0.2, 0.25) is 0 Å². The fraction of sp³-hybridized carbons (Fsp3) is 0.100. The van der Waals surface area contributed by atoms with Crippen LogP contribution in [0.3, 0.4) is 0 Å². The summed E-state index contributed by atoms with van der Waals surface area (Å²) in [4.78, 5) is 10.6. The van der Waals surface area contributed by atoms with Crippen molar-refractivity contribution in [2.24, 2.45) is 0 Å². The van der Waals surface area contributed by atoms with Crippen LogP contribution >= 0.6 is 0 Å². The molecule has 1 aromatic rings. The second-order valence-electron chi connectivity index (χ2n) is 2.35. The molecule has 0 amide bonds. The smallest absolute Gasteiger partial charge is 0.308 e. The van der Waals surface area contributed by atoms with Crippen LogP contribution < -0.4 is 9.47 Å². The molecule has 3 nitrogen and oxygen atoms in total. The molecule has 3 heteroatoms. The molecule has 0 saturated heterocycles. The van der Waals surface area contributed by atoms with Gasteiger partial charge in [-0.3, -0.25) is 4.79 Å². The molecule has 0 bridgehead atoms. The van der Waals surface area contributed by atoms with E-state index >= 15 is 0 Å². The quantitative estimate of drug-likeness (QED) is 0.404. The topological polar surface area (TPSA) is 35.5 Å². The summed E-state index contributed by atoms with van der Waals surface area (Å²) in [5.74, 6) is 0.826. The van der Waals surface area contributed by atoms with E-state index in [2.05, 4.69) is 6.58 Å². The standard InChI is InChI=1S/C10H10O3/c1-3-12-9-4-6-10(7-5-9)13-8(2)11/h3-7H,1H2,2H3. The lowest BCUT2D eigenvalue weighted by atomic mass is 10.3. The van der Waals surface area contributed by atoms with Crippen molar-refractivity contribution in [3.63, 3.8) is 0 Å². The largest absolute Gasteiger partial charge is 0.466 e. The monoisotopic (exact) mass is 178 g/mol. The third-order valence-electron chi connectivity index (χ3n) is 1.30. The lowest BCUT2D eigenvalue weighted by Crippen LogP contribution is -2.00. The van der Waals surface area contributed by atoms with Crippen molar-refractivity contribution in [1.29, 1.82) is 0 Å². The summed E-state index contributed by atoms with van der Waals surface area (Å²) in [6.07, 6.45) is 1.33. The van der Waals surface area contributed by atoms with Crippen LogP contribution in [0.15, 0.2) is 37.1 Å². The van der Waals surface area contributed by atoms with Gasteiger partial charge in [-0.1, -0.05) is 6.58 Å². The van der Waals surface area contributed by atoms with Gasteiger partial charge >= 0.3 is 5.97 Å². The van der Waals surface area contributed by atoms with E-state index in [1.807, 2.05) is 0 Å². The number of carbonyl (C=O) groups is 1. The molecule has 0 aliphatic heterocycles. The fourth-order valence-electron chi connectivity index (χ4n) is 0.848. The average molecular weight is 178 g/mol. The maximum atomic E-state index is 10.6. The zero-order valence-electron chi connectivity index (χ0n) is 7.32. The zero-order chi connectivity index (χ0) is 9.68. The SMILES string of the molecule is C=COc1ccc(OC(C)=O)cc1. The lowest BCUT2D eigenvalue weighted by Gasteiger charge is -2.02. The van der Waals surface area contributed by atoms with Gasteiger partial charge in [0.05, 0.1) is 6.26 Å². The van der Waals surface area contributed by atoms with E-state index < -0.39 is 0 Å². The highest BCUT2D eigenvalue weighted by atomic mass is 16.5. The molecule has 0 atom stereocenters. The van der Waals surface area contributed by atoms with Crippen molar-refractivity contribution in [3.8, 4) is 11.5 Å². The minimum absolute atomic E-state index is 0.336. The molecule has 0 fully saturated rings. The Kier molecular flexibility index (Phi) is 3.09. The predicted molar refractivity (Wildman–Crippen MR) is 48.6 cm³/mol. The third-order valence-corrected chi connectivity index (χ3v) is 1.30. The van der Waals surface area contributed by atoms with E-state index in [1.54, 1.807) is 24.3 Å². The van der Waals surface area contributed by atoms with E-state index in [1.165, 1.54) is 13.2 Å². The van der Waals surface area contributed by atoms with Crippen LogP contribution in [0.4, 0.5) is 0 Å². The molecule has 0 heterocycles. The normalized spacial score (nSPS) is 9.00. The second-order valence-corrected chi connectivity index (χ2v) is 2.35. The Labute approximate surface area is 76.6 Å². The van der Waals surface area contributed by atoms with Gasteiger partial charge in [-0.2, -0.15) is 0 Å². The van der Waals surface area contributed by atoms with Crippen LogP contribution in [0.25, 0.3) is 0 Å². The highest BCUT2D eigenvalue weighted by molar-refractivity contribution is 5.69. The number of ether oxygens (including phenoxy) is 2. The number of hydrogen-bond donors (Lipinski definition) is 0. The molecule has 0 spiro atoms. The summed E-state index contributed by atoms with van der Waals surface area (Å²) in [5.41, 5.74) is 0. The van der Waals surface area contributed by atoms with E-state index in [0.717, 1.165) is 0 Å². The molecule has 1 aromatic carbocycles. The Hall–Kier alpha value is -1.77.